The molecule has 0 N–H and O–H groups in total. The van der Waals surface area contributed by atoms with Gasteiger partial charge in [-0.25, -0.2) is 0 Å². The van der Waals surface area contributed by atoms with E-state index in [-0.39, 0.29) is 17.7 Å². The van der Waals surface area contributed by atoms with E-state index in [0.717, 1.165) is 17.4 Å². The first-order valence-electron chi connectivity index (χ1n) is 6.48. The van der Waals surface area contributed by atoms with Crippen molar-refractivity contribution in [1.29, 1.82) is 0 Å². The van der Waals surface area contributed by atoms with Gasteiger partial charge in [0.15, 0.2) is 0 Å². The molecule has 0 fully saturated rings. The van der Waals surface area contributed by atoms with Crippen molar-refractivity contribution in [3.05, 3.63) is 59.6 Å². The zero-order valence-corrected chi connectivity index (χ0v) is 12.8. The van der Waals surface area contributed by atoms with Gasteiger partial charge < -0.3 is 0 Å². The lowest BCUT2D eigenvalue weighted by molar-refractivity contribution is -0.0319. The number of rotatable bonds is 7. The van der Waals surface area contributed by atoms with Crippen LogP contribution in [-0.4, -0.2) is 5.51 Å². The Kier molecular flexibility index (Phi) is 9.99. The molecule has 0 rings (SSSR count). The van der Waals surface area contributed by atoms with Crippen molar-refractivity contribution in [1.82, 2.24) is 0 Å². The van der Waals surface area contributed by atoms with Crippen molar-refractivity contribution in [2.24, 2.45) is 5.92 Å². The van der Waals surface area contributed by atoms with Gasteiger partial charge in [-0.2, -0.15) is 13.2 Å². The first-order valence-corrected chi connectivity index (χ1v) is 7.36. The molecule has 0 amide bonds. The number of alkyl halides is 3. The van der Waals surface area contributed by atoms with Crippen LogP contribution in [0.5, 0.6) is 0 Å². The van der Waals surface area contributed by atoms with E-state index in [1.54, 1.807) is 6.08 Å². The average Bonchev–Trinajstić information content (AvgIpc) is 2.35. The van der Waals surface area contributed by atoms with Crippen molar-refractivity contribution in [3.63, 3.8) is 0 Å². The fraction of sp³-hybridized carbons (Fsp3) is 0.375. The van der Waals surface area contributed by atoms with Crippen LogP contribution < -0.4 is 0 Å². The molecule has 0 nitrogen and oxygen atoms in total. The van der Waals surface area contributed by atoms with Crippen LogP contribution in [0.3, 0.4) is 0 Å². The third-order valence-corrected chi connectivity index (χ3v) is 2.85. The second-order valence-electron chi connectivity index (χ2n) is 3.94. The summed E-state index contributed by atoms with van der Waals surface area (Å²) in [6.07, 6.45) is 15.9. The molecule has 0 aromatic carbocycles. The lowest BCUT2D eigenvalue weighted by Gasteiger charge is -2.09. The fourth-order valence-corrected chi connectivity index (χ4v) is 1.91. The summed E-state index contributed by atoms with van der Waals surface area (Å²) >= 11 is -0.151. The first kappa shape index (κ1) is 18.8. The monoisotopic (exact) mass is 302 g/mol. The maximum Gasteiger partial charge on any atom is 0.445 e. The number of thioether (sulfide) groups is 1. The van der Waals surface area contributed by atoms with Crippen molar-refractivity contribution in [2.45, 2.75) is 32.7 Å². The zero-order valence-electron chi connectivity index (χ0n) is 12.0. The second kappa shape index (κ2) is 10.6. The van der Waals surface area contributed by atoms with Crippen LogP contribution in [-0.2, 0) is 0 Å². The van der Waals surface area contributed by atoms with Gasteiger partial charge >= 0.3 is 5.51 Å². The molecule has 0 heterocycles. The first-order chi connectivity index (χ1) is 9.44. The summed E-state index contributed by atoms with van der Waals surface area (Å²) in [5.41, 5.74) is -3.08. The lowest BCUT2D eigenvalue weighted by Crippen LogP contribution is -1.96. The van der Waals surface area contributed by atoms with Crippen LogP contribution in [0.2, 0.25) is 0 Å². The van der Waals surface area contributed by atoms with Crippen LogP contribution in [0.25, 0.3) is 0 Å². The maximum absolute atomic E-state index is 11.9. The van der Waals surface area contributed by atoms with Gasteiger partial charge in [0.1, 0.15) is 0 Å². The van der Waals surface area contributed by atoms with Gasteiger partial charge in [0.05, 0.1) is 0 Å². The third kappa shape index (κ3) is 9.73. The van der Waals surface area contributed by atoms with Crippen molar-refractivity contribution < 1.29 is 13.2 Å². The predicted octanol–water partition coefficient (Wildman–Crippen LogP) is 6.41. The molecule has 0 bridgehead atoms. The summed E-state index contributed by atoms with van der Waals surface area (Å²) in [7, 11) is 0. The van der Waals surface area contributed by atoms with Gasteiger partial charge in [0.25, 0.3) is 0 Å². The van der Waals surface area contributed by atoms with Gasteiger partial charge in [-0.3, -0.25) is 0 Å². The molecule has 0 aliphatic carbocycles. The smallest absolute Gasteiger partial charge is 0.160 e. The summed E-state index contributed by atoms with van der Waals surface area (Å²) < 4.78 is 35.8. The molecular weight excluding hydrogens is 281 g/mol. The van der Waals surface area contributed by atoms with E-state index >= 15 is 0 Å². The normalized spacial score (nSPS) is 16.2. The van der Waals surface area contributed by atoms with E-state index in [1.165, 1.54) is 6.08 Å². The molecule has 0 saturated carbocycles. The Morgan fingerprint density at radius 1 is 1.10 bits per heavy atom. The van der Waals surface area contributed by atoms with E-state index in [2.05, 4.69) is 13.0 Å². The highest BCUT2D eigenvalue weighted by molar-refractivity contribution is 8.02. The lowest BCUT2D eigenvalue weighted by atomic mass is 9.96. The number of allylic oxidation sites excluding steroid dienone is 9. The highest BCUT2D eigenvalue weighted by Crippen LogP contribution is 2.30. The van der Waals surface area contributed by atoms with Crippen LogP contribution in [0.15, 0.2) is 59.6 Å². The van der Waals surface area contributed by atoms with Gasteiger partial charge in [-0.1, -0.05) is 55.5 Å². The fourth-order valence-electron chi connectivity index (χ4n) is 1.58. The third-order valence-electron chi connectivity index (χ3n) is 2.29. The number of hydrogen-bond acceptors (Lipinski definition) is 1. The highest BCUT2D eigenvalue weighted by atomic mass is 32.2. The summed E-state index contributed by atoms with van der Waals surface area (Å²) in [5, 5.41) is 1.04. The molecule has 4 heteroatoms. The summed E-state index contributed by atoms with van der Waals surface area (Å²) in [5.74, 6) is 0.0803. The van der Waals surface area contributed by atoms with Gasteiger partial charge in [0, 0.05) is 5.92 Å². The molecular formula is C16H21F3S. The van der Waals surface area contributed by atoms with E-state index in [0.29, 0.717) is 0 Å². The molecule has 0 saturated heterocycles. The quantitative estimate of drug-likeness (QED) is 0.386. The minimum Gasteiger partial charge on any atom is -0.160 e. The topological polar surface area (TPSA) is 0 Å². The zero-order chi connectivity index (χ0) is 15.4. The summed E-state index contributed by atoms with van der Waals surface area (Å²) in [6.45, 7) is 5.93. The van der Waals surface area contributed by atoms with Crippen LogP contribution >= 0.6 is 11.8 Å². The molecule has 0 aliphatic rings. The van der Waals surface area contributed by atoms with Crippen molar-refractivity contribution in [2.75, 3.05) is 0 Å². The Morgan fingerprint density at radius 2 is 1.80 bits per heavy atom. The van der Waals surface area contributed by atoms with E-state index in [4.69, 9.17) is 0 Å². The van der Waals surface area contributed by atoms with Crippen molar-refractivity contribution >= 4 is 11.8 Å². The predicted molar refractivity (Wildman–Crippen MR) is 83.4 cm³/mol. The molecule has 1 atom stereocenters. The largest absolute Gasteiger partial charge is 0.445 e. The number of halogens is 3. The van der Waals surface area contributed by atoms with Gasteiger partial charge in [-0.15, -0.1) is 0 Å². The van der Waals surface area contributed by atoms with Crippen LogP contribution in [0.1, 0.15) is 27.2 Å². The molecule has 0 radical (unpaired) electrons. The molecule has 0 aromatic heterocycles. The van der Waals surface area contributed by atoms with E-state index < -0.39 is 5.51 Å². The van der Waals surface area contributed by atoms with Crippen LogP contribution in [0.4, 0.5) is 13.2 Å². The molecule has 0 spiro atoms. The Labute approximate surface area is 123 Å². The van der Waals surface area contributed by atoms with Crippen LogP contribution in [0, 0.1) is 5.92 Å². The standard InChI is InChI=1S/C16H21F3S/c1-4-9-14(10-5-2)15(11-6-3)12-7-8-13-20-16(17,18)19/h4,6-13,15H,5H2,1-3H3/b9-4-,11-6-,12-7?,13-8+,14-10+. The molecule has 0 aliphatic heterocycles. The Morgan fingerprint density at radius 3 is 2.30 bits per heavy atom. The van der Waals surface area contributed by atoms with E-state index in [9.17, 15) is 13.2 Å². The molecule has 1 unspecified atom stereocenters. The average molecular weight is 302 g/mol. The molecule has 0 aromatic rings. The minimum absolute atomic E-state index is 0.0803. The van der Waals surface area contributed by atoms with Gasteiger partial charge in [-0.05, 0) is 43.0 Å². The maximum atomic E-state index is 11.9. The summed E-state index contributed by atoms with van der Waals surface area (Å²) in [4.78, 5) is 0. The summed E-state index contributed by atoms with van der Waals surface area (Å²) in [6, 6.07) is 0. The Bertz CT molecular complexity index is 398. The molecule has 112 valence electrons. The van der Waals surface area contributed by atoms with E-state index in [1.807, 2.05) is 44.2 Å². The minimum atomic E-state index is -4.22. The number of hydrogen-bond donors (Lipinski definition) is 0. The Hall–Kier alpha value is -1.16. The Balaban J connectivity index is 4.81. The molecule has 20 heavy (non-hydrogen) atoms. The van der Waals surface area contributed by atoms with Crippen molar-refractivity contribution in [3.8, 4) is 0 Å². The SMILES string of the molecule is C/C=C\C(=C/CC)C(C=C/C=C/SC(F)(F)F)/C=C\C. The van der Waals surface area contributed by atoms with Gasteiger partial charge in [0.2, 0.25) is 0 Å². The second-order valence-corrected chi connectivity index (χ2v) is 4.91. The highest BCUT2D eigenvalue weighted by Gasteiger charge is 2.26.